The van der Waals surface area contributed by atoms with Gasteiger partial charge in [0.05, 0.1) is 0 Å². The topological polar surface area (TPSA) is 131 Å². The van der Waals surface area contributed by atoms with E-state index in [-0.39, 0.29) is 18.0 Å². The fourth-order valence-electron chi connectivity index (χ4n) is 1.04. The lowest BCUT2D eigenvalue weighted by atomic mass is 10.1. The van der Waals surface area contributed by atoms with E-state index in [2.05, 4.69) is 16.9 Å². The third-order valence-corrected chi connectivity index (χ3v) is 1.94. The van der Waals surface area contributed by atoms with Gasteiger partial charge in [0.15, 0.2) is 5.96 Å². The molecule has 1 atom stereocenters. The van der Waals surface area contributed by atoms with Crippen molar-refractivity contribution >= 4 is 17.8 Å². The van der Waals surface area contributed by atoms with Crippen LogP contribution in [0.2, 0.25) is 0 Å². The van der Waals surface area contributed by atoms with E-state index < -0.39 is 17.9 Å². The Balaban J connectivity index is 4.17. The van der Waals surface area contributed by atoms with Crippen LogP contribution in [-0.4, -0.2) is 35.5 Å². The second-order valence-corrected chi connectivity index (χ2v) is 3.59. The number of aliphatic imine (C=N–C) groups is 1. The van der Waals surface area contributed by atoms with E-state index in [9.17, 15) is 9.59 Å². The van der Waals surface area contributed by atoms with Crippen molar-refractivity contribution in [2.45, 2.75) is 25.8 Å². The lowest BCUT2D eigenvalue weighted by molar-refractivity contribution is -0.141. The molecule has 0 aromatic rings. The minimum atomic E-state index is -1.09. The number of amides is 1. The molecule has 6 N–H and O–H groups in total. The van der Waals surface area contributed by atoms with Crippen LogP contribution in [0, 0.1) is 0 Å². The highest BCUT2D eigenvalue weighted by Crippen LogP contribution is 2.00. The van der Waals surface area contributed by atoms with Gasteiger partial charge >= 0.3 is 5.97 Å². The van der Waals surface area contributed by atoms with Crippen LogP contribution >= 0.6 is 0 Å². The number of hydrogen-bond donors (Lipinski definition) is 4. The molecule has 17 heavy (non-hydrogen) atoms. The Morgan fingerprint density at radius 2 is 2.06 bits per heavy atom. The smallest absolute Gasteiger partial charge is 0.326 e. The molecule has 0 aliphatic rings. The van der Waals surface area contributed by atoms with Gasteiger partial charge in [0.2, 0.25) is 5.91 Å². The second-order valence-electron chi connectivity index (χ2n) is 3.59. The summed E-state index contributed by atoms with van der Waals surface area (Å²) in [5, 5.41) is 11.2. The number of guanidine groups is 1. The van der Waals surface area contributed by atoms with Crippen molar-refractivity contribution < 1.29 is 14.7 Å². The van der Waals surface area contributed by atoms with Gasteiger partial charge in [-0.05, 0) is 19.8 Å². The Morgan fingerprint density at radius 1 is 1.47 bits per heavy atom. The highest BCUT2D eigenvalue weighted by atomic mass is 16.4. The Bertz CT molecular complexity index is 334. The third kappa shape index (κ3) is 6.93. The summed E-state index contributed by atoms with van der Waals surface area (Å²) in [6.45, 7) is 5.26. The molecule has 0 rings (SSSR count). The van der Waals surface area contributed by atoms with E-state index in [4.69, 9.17) is 16.6 Å². The zero-order valence-electron chi connectivity index (χ0n) is 9.77. The van der Waals surface area contributed by atoms with Gasteiger partial charge in [-0.2, -0.15) is 0 Å². The van der Waals surface area contributed by atoms with Gasteiger partial charge < -0.3 is 21.9 Å². The number of nitrogens with two attached hydrogens (primary N) is 2. The molecule has 96 valence electrons. The van der Waals surface area contributed by atoms with Crippen molar-refractivity contribution in [1.29, 1.82) is 0 Å². The van der Waals surface area contributed by atoms with Crippen molar-refractivity contribution in [3.05, 3.63) is 12.2 Å². The first-order valence-corrected chi connectivity index (χ1v) is 5.09. The van der Waals surface area contributed by atoms with Crippen molar-refractivity contribution in [1.82, 2.24) is 5.32 Å². The number of rotatable bonds is 7. The van der Waals surface area contributed by atoms with Gasteiger partial charge in [0.25, 0.3) is 0 Å². The average Bonchev–Trinajstić information content (AvgIpc) is 2.21. The van der Waals surface area contributed by atoms with E-state index in [0.717, 1.165) is 0 Å². The molecule has 0 aromatic heterocycles. The number of hydrogen-bond acceptors (Lipinski definition) is 3. The summed E-state index contributed by atoms with van der Waals surface area (Å²) in [7, 11) is 0. The molecule has 7 nitrogen and oxygen atoms in total. The average molecular weight is 242 g/mol. The van der Waals surface area contributed by atoms with E-state index in [1.165, 1.54) is 6.92 Å². The van der Waals surface area contributed by atoms with Crippen LogP contribution in [0.3, 0.4) is 0 Å². The minimum absolute atomic E-state index is 0.0390. The minimum Gasteiger partial charge on any atom is -0.480 e. The van der Waals surface area contributed by atoms with Crippen molar-refractivity contribution in [3.63, 3.8) is 0 Å². The maximum atomic E-state index is 11.3. The highest BCUT2D eigenvalue weighted by molar-refractivity contribution is 5.94. The van der Waals surface area contributed by atoms with Crippen LogP contribution in [0.25, 0.3) is 0 Å². The molecular weight excluding hydrogens is 224 g/mol. The van der Waals surface area contributed by atoms with Crippen LogP contribution in [0.5, 0.6) is 0 Å². The third-order valence-electron chi connectivity index (χ3n) is 1.94. The summed E-state index contributed by atoms with van der Waals surface area (Å²) in [6, 6.07) is -0.951. The monoisotopic (exact) mass is 242 g/mol. The van der Waals surface area contributed by atoms with Gasteiger partial charge in [-0.25, -0.2) is 4.79 Å². The van der Waals surface area contributed by atoms with Gasteiger partial charge in [0, 0.05) is 12.1 Å². The van der Waals surface area contributed by atoms with Crippen LogP contribution < -0.4 is 16.8 Å². The molecule has 0 fully saturated rings. The molecule has 0 spiro atoms. The molecule has 0 heterocycles. The maximum absolute atomic E-state index is 11.3. The first-order chi connectivity index (χ1) is 7.84. The number of carbonyl (C=O) groups is 2. The molecule has 0 aromatic carbocycles. The number of carboxylic acid groups (broad SMARTS) is 1. The molecule has 0 aliphatic heterocycles. The lowest BCUT2D eigenvalue weighted by Crippen LogP contribution is -2.41. The predicted molar refractivity (Wildman–Crippen MR) is 64.3 cm³/mol. The predicted octanol–water partition coefficient (Wildman–Crippen LogP) is -0.814. The quantitative estimate of drug-likeness (QED) is 0.200. The van der Waals surface area contributed by atoms with Gasteiger partial charge in [0.1, 0.15) is 6.04 Å². The molecule has 1 amide bonds. The summed E-state index contributed by atoms with van der Waals surface area (Å²) in [4.78, 5) is 25.8. The van der Waals surface area contributed by atoms with E-state index in [0.29, 0.717) is 13.0 Å². The second kappa shape index (κ2) is 7.26. The van der Waals surface area contributed by atoms with Gasteiger partial charge in [-0.15, -0.1) is 0 Å². The standard InChI is InChI=1S/C10H18N4O3/c1-6(2)8(15)14-7(9(16)17)4-3-5-13-10(11)12/h7H,1,3-5H2,2H3,(H,14,15)(H,16,17)(H4,11,12,13). The number of aliphatic carboxylic acids is 1. The van der Waals surface area contributed by atoms with Crippen molar-refractivity contribution in [2.75, 3.05) is 6.54 Å². The Hall–Kier alpha value is -2.05. The van der Waals surface area contributed by atoms with E-state index >= 15 is 0 Å². The highest BCUT2D eigenvalue weighted by Gasteiger charge is 2.19. The summed E-state index contributed by atoms with van der Waals surface area (Å²) in [6.07, 6.45) is 0.719. The Kier molecular flexibility index (Phi) is 6.39. The Labute approximate surface area is 99.6 Å². The zero-order valence-corrected chi connectivity index (χ0v) is 9.77. The fourth-order valence-corrected chi connectivity index (χ4v) is 1.04. The number of carboxylic acids is 1. The van der Waals surface area contributed by atoms with Crippen LogP contribution in [-0.2, 0) is 9.59 Å². The zero-order chi connectivity index (χ0) is 13.4. The molecule has 0 saturated heterocycles. The summed E-state index contributed by atoms with van der Waals surface area (Å²) >= 11 is 0. The summed E-state index contributed by atoms with van der Waals surface area (Å²) < 4.78 is 0. The SMILES string of the molecule is C=C(C)C(=O)NC(CCCN=C(N)N)C(=O)O. The first-order valence-electron chi connectivity index (χ1n) is 5.09. The van der Waals surface area contributed by atoms with Gasteiger partial charge in [-0.3, -0.25) is 9.79 Å². The van der Waals surface area contributed by atoms with Crippen molar-refractivity contribution in [2.24, 2.45) is 16.5 Å². The molecule has 0 bridgehead atoms. The molecule has 0 aliphatic carbocycles. The lowest BCUT2D eigenvalue weighted by Gasteiger charge is -2.13. The molecule has 1 unspecified atom stereocenters. The van der Waals surface area contributed by atoms with E-state index in [1.807, 2.05) is 0 Å². The summed E-state index contributed by atoms with van der Waals surface area (Å²) in [5.41, 5.74) is 10.5. The Morgan fingerprint density at radius 3 is 2.47 bits per heavy atom. The van der Waals surface area contributed by atoms with Crippen molar-refractivity contribution in [3.8, 4) is 0 Å². The van der Waals surface area contributed by atoms with Crippen LogP contribution in [0.15, 0.2) is 17.1 Å². The summed E-state index contributed by atoms with van der Waals surface area (Å²) in [5.74, 6) is -1.61. The normalized spacial score (nSPS) is 11.4. The maximum Gasteiger partial charge on any atom is 0.326 e. The molecule has 7 heteroatoms. The molecule has 0 radical (unpaired) electrons. The largest absolute Gasteiger partial charge is 0.480 e. The number of carbonyl (C=O) groups excluding carboxylic acids is 1. The van der Waals surface area contributed by atoms with Crippen LogP contribution in [0.4, 0.5) is 0 Å². The molecule has 0 saturated carbocycles. The number of nitrogens with zero attached hydrogens (tertiary/aromatic N) is 1. The number of nitrogens with one attached hydrogen (secondary N) is 1. The fraction of sp³-hybridized carbons (Fsp3) is 0.500. The van der Waals surface area contributed by atoms with Crippen LogP contribution in [0.1, 0.15) is 19.8 Å². The van der Waals surface area contributed by atoms with Gasteiger partial charge in [-0.1, -0.05) is 6.58 Å². The first kappa shape index (κ1) is 14.9. The molecular formula is C10H18N4O3. The van der Waals surface area contributed by atoms with E-state index in [1.54, 1.807) is 0 Å².